The van der Waals surface area contributed by atoms with Crippen molar-refractivity contribution in [3.8, 4) is 5.75 Å². The van der Waals surface area contributed by atoms with Gasteiger partial charge >= 0.3 is 0 Å². The van der Waals surface area contributed by atoms with Crippen molar-refractivity contribution in [1.29, 1.82) is 0 Å². The highest BCUT2D eigenvalue weighted by molar-refractivity contribution is 6.08. The Kier molecular flexibility index (Phi) is 3.34. The van der Waals surface area contributed by atoms with Crippen LogP contribution in [0.3, 0.4) is 0 Å². The van der Waals surface area contributed by atoms with Crippen molar-refractivity contribution in [2.75, 3.05) is 5.32 Å². The number of aromatic amines is 1. The Morgan fingerprint density at radius 3 is 2.73 bits per heavy atom. The molecule has 2 aromatic heterocycles. The molecule has 0 fully saturated rings. The third kappa shape index (κ3) is 2.42. The molecular formula is C16H13N3O3. The van der Waals surface area contributed by atoms with Crippen LogP contribution in [0.1, 0.15) is 16.1 Å². The van der Waals surface area contributed by atoms with Crippen molar-refractivity contribution in [3.05, 3.63) is 64.1 Å². The molecule has 3 N–H and O–H groups in total. The lowest BCUT2D eigenvalue weighted by Crippen LogP contribution is -2.23. The van der Waals surface area contributed by atoms with E-state index >= 15 is 0 Å². The molecule has 0 aliphatic heterocycles. The Morgan fingerprint density at radius 1 is 1.18 bits per heavy atom. The lowest BCUT2D eigenvalue weighted by molar-refractivity contribution is 0.102. The maximum Gasteiger partial charge on any atom is 0.266 e. The second kappa shape index (κ2) is 5.33. The van der Waals surface area contributed by atoms with Crippen molar-refractivity contribution < 1.29 is 9.90 Å². The first-order valence-corrected chi connectivity index (χ1v) is 6.65. The number of amides is 1. The predicted molar refractivity (Wildman–Crippen MR) is 83.2 cm³/mol. The predicted octanol–water partition coefficient (Wildman–Crippen LogP) is 2.19. The summed E-state index contributed by atoms with van der Waals surface area (Å²) in [5.41, 5.74) is 0.216. The number of hydrogen-bond donors (Lipinski definition) is 3. The van der Waals surface area contributed by atoms with Crippen molar-refractivity contribution in [1.82, 2.24) is 9.97 Å². The third-order valence-corrected chi connectivity index (χ3v) is 3.25. The molecule has 0 atom stereocenters. The van der Waals surface area contributed by atoms with Gasteiger partial charge in [0.15, 0.2) is 0 Å². The topological polar surface area (TPSA) is 95.1 Å². The van der Waals surface area contributed by atoms with Crippen LogP contribution in [0.4, 0.5) is 5.82 Å². The number of nitrogens with zero attached hydrogens (tertiary/aromatic N) is 1. The molecule has 2 heterocycles. The van der Waals surface area contributed by atoms with E-state index in [-0.39, 0.29) is 11.3 Å². The Bertz CT molecular complexity index is 931. The summed E-state index contributed by atoms with van der Waals surface area (Å²) in [6.07, 6.45) is 0. The number of nitrogens with one attached hydrogen (secondary N) is 2. The summed E-state index contributed by atoms with van der Waals surface area (Å²) in [4.78, 5) is 31.1. The minimum Gasteiger partial charge on any atom is -0.506 e. The first kappa shape index (κ1) is 13.8. The SMILES string of the molecule is Cc1cccc(NC(=O)c2c(O)c3ccccc3[nH]c2=O)n1. The second-order valence-electron chi connectivity index (χ2n) is 4.84. The molecule has 3 aromatic rings. The summed E-state index contributed by atoms with van der Waals surface area (Å²) < 4.78 is 0. The summed E-state index contributed by atoms with van der Waals surface area (Å²) in [6.45, 7) is 1.79. The quantitative estimate of drug-likeness (QED) is 0.675. The number of aromatic hydroxyl groups is 1. The van der Waals surface area contributed by atoms with Crippen LogP contribution in [-0.4, -0.2) is 21.0 Å². The number of aryl methyl sites for hydroxylation is 1. The Hall–Kier alpha value is -3.15. The smallest absolute Gasteiger partial charge is 0.266 e. The zero-order valence-corrected chi connectivity index (χ0v) is 11.8. The molecule has 0 bridgehead atoms. The molecule has 0 saturated carbocycles. The molecule has 0 spiro atoms. The van der Waals surface area contributed by atoms with Crippen LogP contribution in [0.25, 0.3) is 10.9 Å². The van der Waals surface area contributed by atoms with Gasteiger partial charge in [-0.15, -0.1) is 0 Å². The van der Waals surface area contributed by atoms with E-state index < -0.39 is 11.5 Å². The summed E-state index contributed by atoms with van der Waals surface area (Å²) in [5.74, 6) is -0.732. The van der Waals surface area contributed by atoms with Gasteiger partial charge in [0.1, 0.15) is 17.1 Å². The fourth-order valence-electron chi connectivity index (χ4n) is 2.23. The van der Waals surface area contributed by atoms with Crippen LogP contribution in [0.2, 0.25) is 0 Å². The minimum atomic E-state index is -0.706. The first-order chi connectivity index (χ1) is 10.6. The van der Waals surface area contributed by atoms with E-state index in [9.17, 15) is 14.7 Å². The van der Waals surface area contributed by atoms with E-state index in [1.165, 1.54) is 0 Å². The number of carbonyl (C=O) groups excluding carboxylic acids is 1. The number of aromatic nitrogens is 2. The fraction of sp³-hybridized carbons (Fsp3) is 0.0625. The summed E-state index contributed by atoms with van der Waals surface area (Å²) >= 11 is 0. The molecule has 22 heavy (non-hydrogen) atoms. The molecule has 3 rings (SSSR count). The van der Waals surface area contributed by atoms with Gasteiger partial charge in [-0.1, -0.05) is 18.2 Å². The molecular weight excluding hydrogens is 282 g/mol. The highest BCUT2D eigenvalue weighted by atomic mass is 16.3. The fourth-order valence-corrected chi connectivity index (χ4v) is 2.23. The summed E-state index contributed by atoms with van der Waals surface area (Å²) in [5, 5.41) is 13.2. The van der Waals surface area contributed by atoms with Gasteiger partial charge in [-0.3, -0.25) is 9.59 Å². The number of fused-ring (bicyclic) bond motifs is 1. The molecule has 0 radical (unpaired) electrons. The van der Waals surface area contributed by atoms with E-state index in [2.05, 4.69) is 15.3 Å². The molecule has 1 amide bonds. The highest BCUT2D eigenvalue weighted by Gasteiger charge is 2.19. The van der Waals surface area contributed by atoms with Crippen LogP contribution in [0.15, 0.2) is 47.3 Å². The number of benzene rings is 1. The van der Waals surface area contributed by atoms with Crippen molar-refractivity contribution in [2.45, 2.75) is 6.92 Å². The van der Waals surface area contributed by atoms with Gasteiger partial charge < -0.3 is 15.4 Å². The van der Waals surface area contributed by atoms with Crippen LogP contribution in [0, 0.1) is 6.92 Å². The van der Waals surface area contributed by atoms with E-state index in [0.717, 1.165) is 5.69 Å². The third-order valence-electron chi connectivity index (χ3n) is 3.25. The lowest BCUT2D eigenvalue weighted by atomic mass is 10.1. The number of para-hydroxylation sites is 1. The van der Waals surface area contributed by atoms with Gasteiger partial charge in [-0.25, -0.2) is 4.98 Å². The number of rotatable bonds is 2. The average Bonchev–Trinajstić information content (AvgIpc) is 2.47. The second-order valence-corrected chi connectivity index (χ2v) is 4.84. The van der Waals surface area contributed by atoms with Gasteiger partial charge in [0.25, 0.3) is 11.5 Å². The normalized spacial score (nSPS) is 10.6. The van der Waals surface area contributed by atoms with Crippen molar-refractivity contribution >= 4 is 22.6 Å². The van der Waals surface area contributed by atoms with Gasteiger partial charge in [-0.2, -0.15) is 0 Å². The summed E-state index contributed by atoms with van der Waals surface area (Å²) in [6, 6.07) is 11.9. The Labute approximate surface area is 125 Å². The van der Waals surface area contributed by atoms with E-state index in [1.54, 1.807) is 49.4 Å². The molecule has 6 heteroatoms. The molecule has 0 aliphatic rings. The molecule has 0 aliphatic carbocycles. The van der Waals surface area contributed by atoms with Crippen molar-refractivity contribution in [2.24, 2.45) is 0 Å². The Morgan fingerprint density at radius 2 is 1.95 bits per heavy atom. The minimum absolute atomic E-state index is 0.317. The molecule has 0 unspecified atom stereocenters. The first-order valence-electron chi connectivity index (χ1n) is 6.65. The van der Waals surface area contributed by atoms with Gasteiger partial charge in [0.05, 0.1) is 5.52 Å². The van der Waals surface area contributed by atoms with Crippen molar-refractivity contribution in [3.63, 3.8) is 0 Å². The van der Waals surface area contributed by atoms with E-state index in [4.69, 9.17) is 0 Å². The van der Waals surface area contributed by atoms with Crippen LogP contribution < -0.4 is 10.9 Å². The van der Waals surface area contributed by atoms with Crippen LogP contribution >= 0.6 is 0 Å². The largest absolute Gasteiger partial charge is 0.506 e. The van der Waals surface area contributed by atoms with E-state index in [1.807, 2.05) is 0 Å². The standard InChI is InChI=1S/C16H13N3O3/c1-9-5-4-8-12(17-9)19-16(22)13-14(20)10-6-2-3-7-11(10)18-15(13)21/h2-8H,1H3,(H,17,19,22)(H2,18,20,21). The van der Waals surface area contributed by atoms with Gasteiger partial charge in [-0.05, 0) is 31.2 Å². The van der Waals surface area contributed by atoms with Crippen LogP contribution in [-0.2, 0) is 0 Å². The van der Waals surface area contributed by atoms with Gasteiger partial charge in [0, 0.05) is 11.1 Å². The number of carbonyl (C=O) groups is 1. The molecule has 110 valence electrons. The van der Waals surface area contributed by atoms with Crippen LogP contribution in [0.5, 0.6) is 5.75 Å². The lowest BCUT2D eigenvalue weighted by Gasteiger charge is -2.08. The number of hydrogen-bond acceptors (Lipinski definition) is 4. The number of anilines is 1. The van der Waals surface area contributed by atoms with Gasteiger partial charge in [0.2, 0.25) is 0 Å². The maximum absolute atomic E-state index is 12.3. The zero-order valence-electron chi connectivity index (χ0n) is 11.8. The molecule has 6 nitrogen and oxygen atoms in total. The average molecular weight is 295 g/mol. The monoisotopic (exact) mass is 295 g/mol. The number of H-pyrrole nitrogens is 1. The highest BCUT2D eigenvalue weighted by Crippen LogP contribution is 2.24. The van der Waals surface area contributed by atoms with E-state index in [0.29, 0.717) is 16.7 Å². The number of pyridine rings is 2. The molecule has 1 aromatic carbocycles. The zero-order chi connectivity index (χ0) is 15.7. The summed E-state index contributed by atoms with van der Waals surface area (Å²) in [7, 11) is 0. The Balaban J connectivity index is 2.06. The maximum atomic E-state index is 12.3. The molecule has 0 saturated heterocycles.